The van der Waals surface area contributed by atoms with Gasteiger partial charge in [-0.2, -0.15) is 0 Å². The van der Waals surface area contributed by atoms with Crippen molar-refractivity contribution in [1.29, 1.82) is 0 Å². The number of likely N-dealkylation sites (N-methyl/N-ethyl adjacent to an activating group) is 1. The third-order valence-electron chi connectivity index (χ3n) is 4.83. The maximum atomic E-state index is 4.60. The second kappa shape index (κ2) is 11.0. The first kappa shape index (κ1) is 21.4. The first-order valence-corrected chi connectivity index (χ1v) is 10.6. The summed E-state index contributed by atoms with van der Waals surface area (Å²) >= 11 is 1.78. The summed E-state index contributed by atoms with van der Waals surface area (Å²) in [5, 5.41) is 8.09. The third-order valence-corrected chi connectivity index (χ3v) is 5.96. The van der Waals surface area contributed by atoms with E-state index in [1.807, 2.05) is 7.05 Å². The van der Waals surface area contributed by atoms with Gasteiger partial charge in [-0.3, -0.25) is 9.89 Å². The molecule has 148 valence electrons. The molecule has 1 atom stereocenters. The average molecular weight is 388 g/mol. The van der Waals surface area contributed by atoms with E-state index < -0.39 is 0 Å². The molecule has 0 amide bonds. The SMILES string of the molecule is CCN(CC)C(CNC(=NC)NCCc1nc(C)c(C)s1)c1ccccc1. The molecule has 0 spiro atoms. The first-order chi connectivity index (χ1) is 13.1. The van der Waals surface area contributed by atoms with Gasteiger partial charge in [0.2, 0.25) is 0 Å². The fourth-order valence-corrected chi connectivity index (χ4v) is 4.08. The van der Waals surface area contributed by atoms with E-state index in [1.54, 1.807) is 11.3 Å². The molecule has 0 saturated carbocycles. The van der Waals surface area contributed by atoms with E-state index in [2.05, 4.69) is 83.5 Å². The minimum atomic E-state index is 0.323. The van der Waals surface area contributed by atoms with Crippen LogP contribution in [0.15, 0.2) is 35.3 Å². The fraction of sp³-hybridized carbons (Fsp3) is 0.524. The van der Waals surface area contributed by atoms with Gasteiger partial charge in [0, 0.05) is 31.4 Å². The van der Waals surface area contributed by atoms with Crippen LogP contribution < -0.4 is 10.6 Å². The molecule has 27 heavy (non-hydrogen) atoms. The lowest BCUT2D eigenvalue weighted by molar-refractivity contribution is 0.219. The van der Waals surface area contributed by atoms with Crippen LogP contribution >= 0.6 is 11.3 Å². The Labute approximate surface area is 167 Å². The van der Waals surface area contributed by atoms with Gasteiger partial charge in [0.25, 0.3) is 0 Å². The van der Waals surface area contributed by atoms with E-state index in [9.17, 15) is 0 Å². The third kappa shape index (κ3) is 6.33. The van der Waals surface area contributed by atoms with Crippen molar-refractivity contribution in [2.45, 2.75) is 40.2 Å². The monoisotopic (exact) mass is 387 g/mol. The first-order valence-electron chi connectivity index (χ1n) is 9.75. The van der Waals surface area contributed by atoms with Crippen LogP contribution in [0.25, 0.3) is 0 Å². The van der Waals surface area contributed by atoms with Gasteiger partial charge in [-0.15, -0.1) is 11.3 Å². The molecule has 2 rings (SSSR count). The van der Waals surface area contributed by atoms with Crippen LogP contribution in [0.4, 0.5) is 0 Å². The highest BCUT2D eigenvalue weighted by atomic mass is 32.1. The summed E-state index contributed by atoms with van der Waals surface area (Å²) in [6.07, 6.45) is 0.915. The number of hydrogen-bond donors (Lipinski definition) is 2. The van der Waals surface area contributed by atoms with Crippen molar-refractivity contribution < 1.29 is 0 Å². The predicted molar refractivity (Wildman–Crippen MR) is 117 cm³/mol. The summed E-state index contributed by atoms with van der Waals surface area (Å²) in [5.41, 5.74) is 2.47. The van der Waals surface area contributed by atoms with E-state index in [0.29, 0.717) is 6.04 Å². The fourth-order valence-electron chi connectivity index (χ4n) is 3.15. The Balaban J connectivity index is 1.91. The molecule has 5 nitrogen and oxygen atoms in total. The van der Waals surface area contributed by atoms with Gasteiger partial charge in [0.1, 0.15) is 0 Å². The van der Waals surface area contributed by atoms with Gasteiger partial charge < -0.3 is 10.6 Å². The molecule has 1 aromatic heterocycles. The summed E-state index contributed by atoms with van der Waals surface area (Å²) in [6.45, 7) is 12.3. The molecule has 2 aromatic rings. The highest BCUT2D eigenvalue weighted by Crippen LogP contribution is 2.19. The van der Waals surface area contributed by atoms with Crippen LogP contribution in [0.1, 0.15) is 41.0 Å². The zero-order chi connectivity index (χ0) is 19.6. The van der Waals surface area contributed by atoms with Crippen molar-refractivity contribution in [1.82, 2.24) is 20.5 Å². The lowest BCUT2D eigenvalue weighted by atomic mass is 10.1. The molecule has 0 saturated heterocycles. The number of thiazole rings is 1. The number of rotatable bonds is 9. The van der Waals surface area contributed by atoms with Crippen molar-refractivity contribution in [3.8, 4) is 0 Å². The highest BCUT2D eigenvalue weighted by Gasteiger charge is 2.18. The smallest absolute Gasteiger partial charge is 0.191 e. The largest absolute Gasteiger partial charge is 0.356 e. The Hall–Kier alpha value is -1.92. The molecule has 0 aliphatic carbocycles. The molecule has 0 fully saturated rings. The molecule has 0 aliphatic heterocycles. The Morgan fingerprint density at radius 2 is 1.85 bits per heavy atom. The zero-order valence-corrected chi connectivity index (χ0v) is 18.1. The lowest BCUT2D eigenvalue weighted by Gasteiger charge is -2.30. The van der Waals surface area contributed by atoms with Gasteiger partial charge in [-0.1, -0.05) is 44.2 Å². The van der Waals surface area contributed by atoms with Crippen LogP contribution in [0, 0.1) is 13.8 Å². The molecular formula is C21H33N5S. The predicted octanol–water partition coefficient (Wildman–Crippen LogP) is 3.55. The Bertz CT molecular complexity index is 687. The molecule has 0 bridgehead atoms. The number of hydrogen-bond acceptors (Lipinski definition) is 4. The maximum Gasteiger partial charge on any atom is 0.191 e. The minimum absolute atomic E-state index is 0.323. The molecule has 6 heteroatoms. The van der Waals surface area contributed by atoms with Crippen LogP contribution in [0.2, 0.25) is 0 Å². The van der Waals surface area contributed by atoms with Crippen LogP contribution in [-0.2, 0) is 6.42 Å². The average Bonchev–Trinajstić information content (AvgIpc) is 3.01. The van der Waals surface area contributed by atoms with E-state index in [4.69, 9.17) is 0 Å². The summed E-state index contributed by atoms with van der Waals surface area (Å²) < 4.78 is 0. The van der Waals surface area contributed by atoms with Crippen molar-refractivity contribution in [2.75, 3.05) is 33.2 Å². The number of nitrogens with zero attached hydrogens (tertiary/aromatic N) is 3. The van der Waals surface area contributed by atoms with Crippen molar-refractivity contribution in [3.63, 3.8) is 0 Å². The van der Waals surface area contributed by atoms with Gasteiger partial charge in [-0.25, -0.2) is 4.98 Å². The van der Waals surface area contributed by atoms with Gasteiger partial charge >= 0.3 is 0 Å². The lowest BCUT2D eigenvalue weighted by Crippen LogP contribution is -2.43. The number of nitrogens with one attached hydrogen (secondary N) is 2. The molecule has 0 radical (unpaired) electrons. The molecular weight excluding hydrogens is 354 g/mol. The Kier molecular flexibility index (Phi) is 8.75. The van der Waals surface area contributed by atoms with E-state index in [0.717, 1.165) is 44.3 Å². The summed E-state index contributed by atoms with van der Waals surface area (Å²) in [6, 6.07) is 11.0. The van der Waals surface area contributed by atoms with Crippen molar-refractivity contribution >= 4 is 17.3 Å². The Morgan fingerprint density at radius 3 is 2.41 bits per heavy atom. The quantitative estimate of drug-likeness (QED) is 0.510. The van der Waals surface area contributed by atoms with Gasteiger partial charge in [-0.05, 0) is 32.5 Å². The van der Waals surface area contributed by atoms with Gasteiger partial charge in [0.15, 0.2) is 5.96 Å². The minimum Gasteiger partial charge on any atom is -0.356 e. The van der Waals surface area contributed by atoms with Gasteiger partial charge in [0.05, 0.1) is 16.7 Å². The molecule has 1 aromatic carbocycles. The number of aryl methyl sites for hydroxylation is 2. The van der Waals surface area contributed by atoms with E-state index in [1.165, 1.54) is 15.4 Å². The summed E-state index contributed by atoms with van der Waals surface area (Å²) in [4.78, 5) is 12.8. The second-order valence-electron chi connectivity index (χ2n) is 6.53. The van der Waals surface area contributed by atoms with Crippen LogP contribution in [-0.4, -0.2) is 49.1 Å². The molecule has 1 unspecified atom stereocenters. The summed E-state index contributed by atoms with van der Waals surface area (Å²) in [7, 11) is 1.82. The second-order valence-corrected chi connectivity index (χ2v) is 7.81. The van der Waals surface area contributed by atoms with E-state index in [-0.39, 0.29) is 0 Å². The zero-order valence-electron chi connectivity index (χ0n) is 17.2. The molecule has 2 N–H and O–H groups in total. The number of aromatic nitrogens is 1. The standard InChI is InChI=1S/C21H33N5S/c1-6-26(7-2)19(18-11-9-8-10-12-18)15-24-21(22-5)23-14-13-20-25-16(3)17(4)27-20/h8-12,19H,6-7,13-15H2,1-5H3,(H2,22,23,24). The van der Waals surface area contributed by atoms with Crippen LogP contribution in [0.3, 0.4) is 0 Å². The number of benzene rings is 1. The van der Waals surface area contributed by atoms with E-state index >= 15 is 0 Å². The van der Waals surface area contributed by atoms with Crippen molar-refractivity contribution in [2.24, 2.45) is 4.99 Å². The van der Waals surface area contributed by atoms with Crippen LogP contribution in [0.5, 0.6) is 0 Å². The number of guanidine groups is 1. The van der Waals surface area contributed by atoms with Crippen molar-refractivity contribution in [3.05, 3.63) is 51.5 Å². The normalized spacial score (nSPS) is 13.0. The molecule has 0 aliphatic rings. The topological polar surface area (TPSA) is 52.5 Å². The number of aliphatic imine (C=N–C) groups is 1. The highest BCUT2D eigenvalue weighted by molar-refractivity contribution is 7.11. The Morgan fingerprint density at radius 1 is 1.15 bits per heavy atom. The molecule has 1 heterocycles. The summed E-state index contributed by atoms with van der Waals surface area (Å²) in [5.74, 6) is 0.841. The maximum absolute atomic E-state index is 4.60.